The van der Waals surface area contributed by atoms with Gasteiger partial charge >= 0.3 is 0 Å². The number of benzene rings is 2. The first-order valence-corrected chi connectivity index (χ1v) is 11.1. The Labute approximate surface area is 191 Å². The molecule has 0 unspecified atom stereocenters. The maximum atomic E-state index is 10.2. The maximum absolute atomic E-state index is 10.2. The van der Waals surface area contributed by atoms with Crippen LogP contribution in [0.25, 0.3) is 39.1 Å². The monoisotopic (exact) mass is 435 g/mol. The molecule has 0 atom stereocenters. The van der Waals surface area contributed by atoms with Gasteiger partial charge in [-0.15, -0.1) is 0 Å². The van der Waals surface area contributed by atoms with E-state index in [1.165, 1.54) is 0 Å². The highest BCUT2D eigenvalue weighted by Crippen LogP contribution is 2.46. The molecular weight excluding hydrogens is 410 g/mol. The van der Waals surface area contributed by atoms with Gasteiger partial charge in [-0.2, -0.15) is 9.61 Å². The van der Waals surface area contributed by atoms with Crippen molar-refractivity contribution in [2.24, 2.45) is 5.73 Å². The summed E-state index contributed by atoms with van der Waals surface area (Å²) in [7, 11) is 0. The van der Waals surface area contributed by atoms with Crippen LogP contribution >= 0.6 is 0 Å². The van der Waals surface area contributed by atoms with E-state index in [2.05, 4.69) is 52.5 Å². The van der Waals surface area contributed by atoms with Gasteiger partial charge in [0.05, 0.1) is 17.5 Å². The maximum Gasteiger partial charge on any atom is 0.165 e. The third kappa shape index (κ3) is 3.22. The molecule has 0 saturated heterocycles. The van der Waals surface area contributed by atoms with Crippen LogP contribution in [0.3, 0.4) is 0 Å². The van der Waals surface area contributed by atoms with Gasteiger partial charge < -0.3 is 10.8 Å². The number of pyridine rings is 1. The number of hydrogen-bond donors (Lipinski definition) is 2. The average Bonchev–Trinajstić information content (AvgIpc) is 3.18. The zero-order valence-electron chi connectivity index (χ0n) is 18.7. The molecule has 33 heavy (non-hydrogen) atoms. The van der Waals surface area contributed by atoms with E-state index in [0.29, 0.717) is 12.8 Å². The van der Waals surface area contributed by atoms with E-state index in [1.54, 1.807) is 0 Å². The van der Waals surface area contributed by atoms with Gasteiger partial charge in [-0.1, -0.05) is 54.6 Å². The largest absolute Gasteiger partial charge is 0.390 e. The first-order chi connectivity index (χ1) is 15.8. The van der Waals surface area contributed by atoms with E-state index < -0.39 is 11.1 Å². The summed E-state index contributed by atoms with van der Waals surface area (Å²) in [5, 5.41) is 15.6. The van der Waals surface area contributed by atoms with Crippen molar-refractivity contribution in [3.05, 3.63) is 84.2 Å². The molecule has 3 N–H and O–H groups in total. The number of aromatic nitrogens is 4. The second-order valence-corrected chi connectivity index (χ2v) is 9.57. The van der Waals surface area contributed by atoms with Crippen LogP contribution in [-0.4, -0.2) is 30.3 Å². The highest BCUT2D eigenvalue weighted by Gasteiger charge is 2.49. The lowest BCUT2D eigenvalue weighted by molar-refractivity contribution is -0.0738. The van der Waals surface area contributed by atoms with E-state index in [1.807, 2.05) is 49.0 Å². The number of nitrogens with two attached hydrogens (primary N) is 1. The quantitative estimate of drug-likeness (QED) is 0.432. The molecule has 0 radical (unpaired) electrons. The third-order valence-electron chi connectivity index (χ3n) is 6.69. The lowest BCUT2D eigenvalue weighted by Crippen LogP contribution is -2.58. The van der Waals surface area contributed by atoms with Crippen LogP contribution in [-0.2, 0) is 5.54 Å². The lowest BCUT2D eigenvalue weighted by Gasteiger charge is -2.49. The van der Waals surface area contributed by atoms with Crippen LogP contribution in [0.1, 0.15) is 30.9 Å². The summed E-state index contributed by atoms with van der Waals surface area (Å²) in [4.78, 5) is 9.70. The Kier molecular flexibility index (Phi) is 4.21. The van der Waals surface area contributed by atoms with Crippen LogP contribution in [0, 0.1) is 6.92 Å². The fourth-order valence-electron chi connectivity index (χ4n) is 5.18. The van der Waals surface area contributed by atoms with E-state index in [0.717, 1.165) is 50.2 Å². The molecule has 5 aromatic rings. The van der Waals surface area contributed by atoms with Crippen molar-refractivity contribution in [2.75, 3.05) is 0 Å². The summed E-state index contributed by atoms with van der Waals surface area (Å²) in [6.07, 6.45) is 4.81. The van der Waals surface area contributed by atoms with Gasteiger partial charge in [-0.3, -0.25) is 0 Å². The molecule has 0 bridgehead atoms. The normalized spacial score (nSPS) is 22.5. The molecule has 164 valence electrons. The Bertz CT molecular complexity index is 1500. The minimum Gasteiger partial charge on any atom is -0.390 e. The van der Waals surface area contributed by atoms with Crippen molar-refractivity contribution < 1.29 is 5.11 Å². The summed E-state index contributed by atoms with van der Waals surface area (Å²) >= 11 is 0. The Morgan fingerprint density at radius 3 is 2.36 bits per heavy atom. The van der Waals surface area contributed by atoms with Gasteiger partial charge in [0.2, 0.25) is 0 Å². The minimum atomic E-state index is -0.685. The van der Waals surface area contributed by atoms with Gasteiger partial charge in [-0.25, -0.2) is 9.97 Å². The lowest BCUT2D eigenvalue weighted by atomic mass is 9.63. The number of hydrogen-bond acceptors (Lipinski definition) is 5. The van der Waals surface area contributed by atoms with Crippen LogP contribution in [0.15, 0.2) is 73.1 Å². The van der Waals surface area contributed by atoms with Crippen molar-refractivity contribution in [2.45, 2.75) is 37.8 Å². The molecular formula is C27H25N5O. The Balaban J connectivity index is 1.53. The second kappa shape index (κ2) is 6.94. The van der Waals surface area contributed by atoms with E-state index in [-0.39, 0.29) is 0 Å². The molecule has 0 aliphatic heterocycles. The van der Waals surface area contributed by atoms with Gasteiger partial charge in [-0.05, 0) is 43.9 Å². The van der Waals surface area contributed by atoms with Crippen molar-refractivity contribution in [3.8, 4) is 22.4 Å². The summed E-state index contributed by atoms with van der Waals surface area (Å²) in [6, 6.07) is 20.7. The molecule has 1 fully saturated rings. The van der Waals surface area contributed by atoms with Crippen LogP contribution in [0.5, 0.6) is 0 Å². The first kappa shape index (κ1) is 20.0. The van der Waals surface area contributed by atoms with Crippen LogP contribution in [0.4, 0.5) is 0 Å². The van der Waals surface area contributed by atoms with Crippen molar-refractivity contribution >= 4 is 16.7 Å². The summed E-state index contributed by atoms with van der Waals surface area (Å²) in [5.74, 6) is 0. The second-order valence-electron chi connectivity index (χ2n) is 9.57. The molecule has 2 aromatic carbocycles. The number of nitrogens with zero attached hydrogens (tertiary/aromatic N) is 4. The van der Waals surface area contributed by atoms with Crippen LogP contribution < -0.4 is 5.73 Å². The molecule has 6 heteroatoms. The molecule has 3 aromatic heterocycles. The first-order valence-electron chi connectivity index (χ1n) is 11.1. The number of rotatable bonds is 3. The number of aryl methyl sites for hydroxylation is 1. The summed E-state index contributed by atoms with van der Waals surface area (Å²) in [6.45, 7) is 3.84. The van der Waals surface area contributed by atoms with Crippen molar-refractivity contribution in [1.82, 2.24) is 19.6 Å². The van der Waals surface area contributed by atoms with E-state index in [4.69, 9.17) is 10.7 Å². The molecule has 1 aliphatic carbocycles. The van der Waals surface area contributed by atoms with Crippen LogP contribution in [0.2, 0.25) is 0 Å². The SMILES string of the molecule is Cc1cnn2c1ncc1cc(-c3ccccc3)c(-c3ccc([C@]4(N)C[C@](C)(O)C4)cc3)nc12. The predicted octanol–water partition coefficient (Wildman–Crippen LogP) is 4.62. The minimum absolute atomic E-state index is 0.481. The number of fused-ring (bicyclic) bond motifs is 3. The van der Waals surface area contributed by atoms with Gasteiger partial charge in [0.15, 0.2) is 11.3 Å². The van der Waals surface area contributed by atoms with Crippen molar-refractivity contribution in [3.63, 3.8) is 0 Å². The summed E-state index contributed by atoms with van der Waals surface area (Å²) < 4.78 is 1.81. The zero-order valence-corrected chi connectivity index (χ0v) is 18.7. The molecule has 6 nitrogen and oxygen atoms in total. The fourth-order valence-corrected chi connectivity index (χ4v) is 5.18. The standard InChI is InChI=1S/C27H25N5O/c1-17-13-30-32-24(17)29-14-20-12-22(18-6-4-3-5-7-18)23(31-25(20)32)19-8-10-21(11-9-19)27(28)15-26(2,33)16-27/h3-14,33H,15-16,28H2,1-2H3/t26-,27-. The van der Waals surface area contributed by atoms with E-state index in [9.17, 15) is 5.11 Å². The highest BCUT2D eigenvalue weighted by atomic mass is 16.3. The predicted molar refractivity (Wildman–Crippen MR) is 130 cm³/mol. The number of aliphatic hydroxyl groups is 1. The van der Waals surface area contributed by atoms with E-state index >= 15 is 0 Å². The molecule has 0 spiro atoms. The highest BCUT2D eigenvalue weighted by molar-refractivity contribution is 5.90. The average molecular weight is 436 g/mol. The van der Waals surface area contributed by atoms with Gasteiger partial charge in [0.1, 0.15) is 0 Å². The summed E-state index contributed by atoms with van der Waals surface area (Å²) in [5.41, 5.74) is 13.0. The smallest absolute Gasteiger partial charge is 0.165 e. The fraction of sp³-hybridized carbons (Fsp3) is 0.222. The molecule has 3 heterocycles. The molecule has 1 aliphatic rings. The third-order valence-corrected chi connectivity index (χ3v) is 6.69. The molecule has 0 amide bonds. The Morgan fingerprint density at radius 1 is 0.939 bits per heavy atom. The topological polar surface area (TPSA) is 89.3 Å². The molecule has 1 saturated carbocycles. The van der Waals surface area contributed by atoms with Gasteiger partial charge in [0.25, 0.3) is 0 Å². The van der Waals surface area contributed by atoms with Gasteiger partial charge in [0, 0.05) is 33.8 Å². The Morgan fingerprint density at radius 2 is 1.67 bits per heavy atom. The zero-order chi connectivity index (χ0) is 22.8. The van der Waals surface area contributed by atoms with Crippen molar-refractivity contribution in [1.29, 1.82) is 0 Å². The molecule has 6 rings (SSSR count). The Hall–Kier alpha value is -3.61.